The average Bonchev–Trinajstić information content (AvgIpc) is 2.62. The summed E-state index contributed by atoms with van der Waals surface area (Å²) in [7, 11) is 3.45. The number of likely N-dealkylation sites (N-methyl/N-ethyl adjacent to an activating group) is 1. The molecule has 0 saturated heterocycles. The van der Waals surface area contributed by atoms with Crippen molar-refractivity contribution < 1.29 is 14.3 Å². The number of aliphatic imine (C=N–C) groups is 1. The first-order chi connectivity index (χ1) is 13.2. The third-order valence-corrected chi connectivity index (χ3v) is 3.50. The molecule has 8 nitrogen and oxygen atoms in total. The number of hydrogen-bond acceptors (Lipinski definition) is 5. The Bertz CT molecular complexity index is 609. The Hall–Kier alpha value is -2.35. The molecule has 0 aromatic carbocycles. The number of nitrogens with one attached hydrogen (secondary N) is 2. The Morgan fingerprint density at radius 3 is 2.57 bits per heavy atom. The van der Waals surface area contributed by atoms with Gasteiger partial charge in [0.1, 0.15) is 5.60 Å². The molecule has 0 atom stereocenters. The maximum atomic E-state index is 11.8. The van der Waals surface area contributed by atoms with Gasteiger partial charge >= 0.3 is 0 Å². The molecule has 0 unspecified atom stereocenters. The summed E-state index contributed by atoms with van der Waals surface area (Å²) in [6.45, 7) is 10.6. The average molecular weight is 394 g/mol. The van der Waals surface area contributed by atoms with Gasteiger partial charge in [0.2, 0.25) is 11.8 Å². The maximum absolute atomic E-state index is 11.8. The first-order valence-electron chi connectivity index (χ1n) is 9.65. The molecule has 0 spiro atoms. The molecular formula is C20H35N5O3. The Balaban J connectivity index is 2.65. The van der Waals surface area contributed by atoms with Gasteiger partial charge in [0.05, 0.1) is 13.1 Å². The number of ether oxygens (including phenoxy) is 2. The molecule has 158 valence electrons. The second kappa shape index (κ2) is 12.2. The Kier molecular flexibility index (Phi) is 10.3. The van der Waals surface area contributed by atoms with E-state index in [0.29, 0.717) is 38.1 Å². The number of rotatable bonds is 10. The molecule has 2 N–H and O–H groups in total. The fourth-order valence-corrected chi connectivity index (χ4v) is 2.07. The Labute approximate surface area is 168 Å². The van der Waals surface area contributed by atoms with Gasteiger partial charge in [0, 0.05) is 46.1 Å². The fourth-order valence-electron chi connectivity index (χ4n) is 2.07. The summed E-state index contributed by atoms with van der Waals surface area (Å²) in [6.07, 6.45) is 2.61. The van der Waals surface area contributed by atoms with Crippen molar-refractivity contribution in [2.24, 2.45) is 4.99 Å². The van der Waals surface area contributed by atoms with Crippen LogP contribution in [0.1, 0.15) is 39.7 Å². The van der Waals surface area contributed by atoms with Crippen LogP contribution in [0, 0.1) is 0 Å². The van der Waals surface area contributed by atoms with E-state index in [1.165, 1.54) is 4.90 Å². The fraction of sp³-hybridized carbons (Fsp3) is 0.650. The van der Waals surface area contributed by atoms with Gasteiger partial charge in [-0.1, -0.05) is 6.07 Å². The molecule has 8 heteroatoms. The minimum absolute atomic E-state index is 0.0193. The minimum atomic E-state index is -0.284. The highest BCUT2D eigenvalue weighted by Crippen LogP contribution is 2.15. The number of hydrogen-bond donors (Lipinski definition) is 2. The number of carbonyl (C=O) groups is 1. The summed E-state index contributed by atoms with van der Waals surface area (Å²) in [4.78, 5) is 22.2. The zero-order valence-corrected chi connectivity index (χ0v) is 18.0. The van der Waals surface area contributed by atoms with E-state index >= 15 is 0 Å². The van der Waals surface area contributed by atoms with E-state index in [2.05, 4.69) is 20.6 Å². The number of carbonyl (C=O) groups excluding carboxylic acids is 1. The van der Waals surface area contributed by atoms with E-state index in [1.807, 2.05) is 39.8 Å². The highest BCUT2D eigenvalue weighted by Gasteiger charge is 2.12. The van der Waals surface area contributed by atoms with Crippen LogP contribution in [-0.2, 0) is 16.1 Å². The van der Waals surface area contributed by atoms with Crippen molar-refractivity contribution in [2.45, 2.75) is 46.3 Å². The van der Waals surface area contributed by atoms with Crippen LogP contribution in [0.3, 0.4) is 0 Å². The second-order valence-corrected chi connectivity index (χ2v) is 7.50. The quantitative estimate of drug-likeness (QED) is 0.358. The lowest BCUT2D eigenvalue weighted by Crippen LogP contribution is -2.43. The normalized spacial score (nSPS) is 11.9. The van der Waals surface area contributed by atoms with E-state index in [1.54, 1.807) is 20.3 Å². The molecule has 0 aliphatic rings. The number of amides is 1. The van der Waals surface area contributed by atoms with Gasteiger partial charge in [-0.05, 0) is 39.7 Å². The summed E-state index contributed by atoms with van der Waals surface area (Å²) in [6, 6.07) is 3.78. The summed E-state index contributed by atoms with van der Waals surface area (Å²) >= 11 is 0. The van der Waals surface area contributed by atoms with Crippen LogP contribution < -0.4 is 15.4 Å². The predicted octanol–water partition coefficient (Wildman–Crippen LogP) is 1.81. The van der Waals surface area contributed by atoms with Gasteiger partial charge in [-0.25, -0.2) is 9.98 Å². The molecule has 1 aromatic heterocycles. The molecule has 1 heterocycles. The largest absolute Gasteiger partial charge is 0.472 e. The zero-order chi connectivity index (χ0) is 21.0. The summed E-state index contributed by atoms with van der Waals surface area (Å²) < 4.78 is 11.1. The van der Waals surface area contributed by atoms with E-state index in [-0.39, 0.29) is 18.1 Å². The van der Waals surface area contributed by atoms with Gasteiger partial charge in [-0.3, -0.25) is 4.79 Å². The van der Waals surface area contributed by atoms with Crippen LogP contribution in [0.4, 0.5) is 0 Å². The SMILES string of the molecule is CCOCCCNC(=NCc1ccc(OC(C)(C)C)nc1)NCC(=O)N(C)C. The molecular weight excluding hydrogens is 358 g/mol. The van der Waals surface area contributed by atoms with Crippen molar-refractivity contribution >= 4 is 11.9 Å². The van der Waals surface area contributed by atoms with Crippen LogP contribution in [0.2, 0.25) is 0 Å². The number of guanidine groups is 1. The summed E-state index contributed by atoms with van der Waals surface area (Å²) in [5, 5.41) is 6.29. The van der Waals surface area contributed by atoms with Crippen molar-refractivity contribution in [3.8, 4) is 5.88 Å². The van der Waals surface area contributed by atoms with E-state index < -0.39 is 0 Å². The number of nitrogens with zero attached hydrogens (tertiary/aromatic N) is 3. The zero-order valence-electron chi connectivity index (χ0n) is 18.0. The molecule has 0 aliphatic heterocycles. The summed E-state index contributed by atoms with van der Waals surface area (Å²) in [5.74, 6) is 1.15. The number of aromatic nitrogens is 1. The first kappa shape index (κ1) is 23.7. The van der Waals surface area contributed by atoms with Gasteiger partial charge in [-0.15, -0.1) is 0 Å². The highest BCUT2D eigenvalue weighted by atomic mass is 16.5. The van der Waals surface area contributed by atoms with Crippen LogP contribution >= 0.6 is 0 Å². The molecule has 0 bridgehead atoms. The molecule has 0 fully saturated rings. The molecule has 1 amide bonds. The third kappa shape index (κ3) is 10.7. The smallest absolute Gasteiger partial charge is 0.241 e. The van der Waals surface area contributed by atoms with Crippen molar-refractivity contribution in [2.75, 3.05) is 40.4 Å². The topological polar surface area (TPSA) is 88.1 Å². The van der Waals surface area contributed by atoms with Gasteiger partial charge in [0.15, 0.2) is 5.96 Å². The highest BCUT2D eigenvalue weighted by molar-refractivity contribution is 5.86. The third-order valence-electron chi connectivity index (χ3n) is 3.50. The standard InChI is InChI=1S/C20H35N5O3/c1-7-27-12-8-11-21-19(24-15-18(26)25(5)6)23-14-16-9-10-17(22-13-16)28-20(2,3)4/h9-10,13H,7-8,11-12,14-15H2,1-6H3,(H2,21,23,24). The van der Waals surface area contributed by atoms with E-state index in [4.69, 9.17) is 9.47 Å². The maximum Gasteiger partial charge on any atom is 0.241 e. The van der Waals surface area contributed by atoms with Crippen molar-refractivity contribution in [3.05, 3.63) is 23.9 Å². The molecule has 1 rings (SSSR count). The lowest BCUT2D eigenvalue weighted by Gasteiger charge is -2.20. The summed E-state index contributed by atoms with van der Waals surface area (Å²) in [5.41, 5.74) is 0.671. The van der Waals surface area contributed by atoms with Gasteiger partial charge in [-0.2, -0.15) is 0 Å². The second-order valence-electron chi connectivity index (χ2n) is 7.50. The Morgan fingerprint density at radius 2 is 2.00 bits per heavy atom. The van der Waals surface area contributed by atoms with Crippen molar-refractivity contribution in [3.63, 3.8) is 0 Å². The Morgan fingerprint density at radius 1 is 1.25 bits per heavy atom. The van der Waals surface area contributed by atoms with Crippen LogP contribution in [0.25, 0.3) is 0 Å². The minimum Gasteiger partial charge on any atom is -0.472 e. The monoisotopic (exact) mass is 393 g/mol. The van der Waals surface area contributed by atoms with E-state index in [9.17, 15) is 4.79 Å². The van der Waals surface area contributed by atoms with Crippen molar-refractivity contribution in [1.82, 2.24) is 20.5 Å². The lowest BCUT2D eigenvalue weighted by molar-refractivity contribution is -0.127. The predicted molar refractivity (Wildman–Crippen MR) is 112 cm³/mol. The first-order valence-corrected chi connectivity index (χ1v) is 9.65. The molecule has 28 heavy (non-hydrogen) atoms. The van der Waals surface area contributed by atoms with Crippen molar-refractivity contribution in [1.29, 1.82) is 0 Å². The molecule has 0 aliphatic carbocycles. The molecule has 1 aromatic rings. The van der Waals surface area contributed by atoms with Crippen LogP contribution in [0.5, 0.6) is 5.88 Å². The van der Waals surface area contributed by atoms with Gasteiger partial charge in [0.25, 0.3) is 0 Å². The van der Waals surface area contributed by atoms with Gasteiger partial charge < -0.3 is 25.0 Å². The molecule has 0 saturated carbocycles. The number of pyridine rings is 1. The van der Waals surface area contributed by atoms with Crippen LogP contribution in [0.15, 0.2) is 23.3 Å². The lowest BCUT2D eigenvalue weighted by atomic mass is 10.2. The van der Waals surface area contributed by atoms with Crippen LogP contribution in [-0.4, -0.2) is 67.8 Å². The van der Waals surface area contributed by atoms with E-state index in [0.717, 1.165) is 12.0 Å². The molecule has 0 radical (unpaired) electrons.